The molecule has 0 atom stereocenters. The van der Waals surface area contributed by atoms with Crippen LogP contribution in [-0.4, -0.2) is 21.5 Å². The van der Waals surface area contributed by atoms with Crippen molar-refractivity contribution in [3.05, 3.63) is 77.1 Å². The van der Waals surface area contributed by atoms with Gasteiger partial charge in [0.15, 0.2) is 0 Å². The first-order chi connectivity index (χ1) is 16.8. The van der Waals surface area contributed by atoms with Gasteiger partial charge in [-0.1, -0.05) is 30.3 Å². The highest BCUT2D eigenvalue weighted by molar-refractivity contribution is 7.99. The van der Waals surface area contributed by atoms with Crippen LogP contribution in [0.5, 0.6) is 0 Å². The van der Waals surface area contributed by atoms with Gasteiger partial charge < -0.3 is 0 Å². The van der Waals surface area contributed by atoms with Crippen LogP contribution in [0.15, 0.2) is 59.6 Å². The molecule has 0 fully saturated rings. The van der Waals surface area contributed by atoms with Crippen LogP contribution in [0.3, 0.4) is 0 Å². The van der Waals surface area contributed by atoms with Gasteiger partial charge in [-0.3, -0.25) is 9.56 Å². The fourth-order valence-electron chi connectivity index (χ4n) is 5.24. The Bertz CT molecular complexity index is 1670. The van der Waals surface area contributed by atoms with Crippen molar-refractivity contribution in [3.63, 3.8) is 0 Å². The third-order valence-corrected chi connectivity index (χ3v) is 9.75. The molecule has 0 spiro atoms. The molecule has 0 unspecified atom stereocenters. The lowest BCUT2D eigenvalue weighted by atomic mass is 9.90. The maximum atomic E-state index is 5.20. The van der Waals surface area contributed by atoms with Gasteiger partial charge in [0.05, 0.1) is 11.4 Å². The van der Waals surface area contributed by atoms with Crippen molar-refractivity contribution in [3.8, 4) is 17.1 Å². The number of fused-ring (bicyclic) bond motifs is 4. The highest BCUT2D eigenvalue weighted by Gasteiger charge is 2.31. The molecule has 176 valence electrons. The number of hydrogen-bond acceptors (Lipinski definition) is 4. The predicted octanol–water partition coefficient (Wildman–Crippen LogP) is 8.77. The van der Waals surface area contributed by atoms with Gasteiger partial charge in [-0.15, -0.1) is 11.3 Å². The van der Waals surface area contributed by atoms with E-state index in [0.717, 1.165) is 23.6 Å². The van der Waals surface area contributed by atoms with E-state index >= 15 is 0 Å². The number of thiophene rings is 1. The third kappa shape index (κ3) is 3.47. The number of imidazole rings is 1. The number of hydrogen-bond donors (Lipinski definition) is 0. The molecule has 6 rings (SSSR count). The summed E-state index contributed by atoms with van der Waals surface area (Å²) in [5.74, 6) is 1.03. The summed E-state index contributed by atoms with van der Waals surface area (Å²) < 4.78 is 4.95. The van der Waals surface area contributed by atoms with E-state index in [2.05, 4.69) is 100 Å². The predicted molar refractivity (Wildman–Crippen MR) is 154 cm³/mol. The van der Waals surface area contributed by atoms with Gasteiger partial charge in [0.1, 0.15) is 5.82 Å². The Morgan fingerprint density at radius 2 is 1.71 bits per heavy atom. The Kier molecular flexibility index (Phi) is 5.20. The summed E-state index contributed by atoms with van der Waals surface area (Å²) in [7, 11) is 0. The van der Waals surface area contributed by atoms with Crippen molar-refractivity contribution in [1.29, 1.82) is 0 Å². The summed E-state index contributed by atoms with van der Waals surface area (Å²) in [6.07, 6.45) is 3.07. The molecular formula is C30H29N3S2. The molecule has 3 nitrogen and oxygen atoms in total. The van der Waals surface area contributed by atoms with Crippen molar-refractivity contribution in [1.82, 2.24) is 9.55 Å². The second-order valence-corrected chi connectivity index (χ2v) is 12.5. The van der Waals surface area contributed by atoms with Crippen LogP contribution in [0.1, 0.15) is 43.3 Å². The molecule has 35 heavy (non-hydrogen) atoms. The number of benzene rings is 3. The Morgan fingerprint density at radius 1 is 0.943 bits per heavy atom. The zero-order chi connectivity index (χ0) is 24.5. The zero-order valence-electron chi connectivity index (χ0n) is 21.1. The van der Waals surface area contributed by atoms with Crippen molar-refractivity contribution >= 4 is 54.7 Å². The minimum absolute atomic E-state index is 0.0467. The van der Waals surface area contributed by atoms with E-state index in [9.17, 15) is 0 Å². The smallest absolute Gasteiger partial charge is 0.145 e. The van der Waals surface area contributed by atoms with Gasteiger partial charge in [0, 0.05) is 54.0 Å². The molecule has 1 aliphatic rings. The maximum absolute atomic E-state index is 5.20. The molecule has 0 aliphatic carbocycles. The molecule has 0 saturated carbocycles. The van der Waals surface area contributed by atoms with Gasteiger partial charge in [-0.05, 0) is 76.3 Å². The maximum Gasteiger partial charge on any atom is 0.145 e. The van der Waals surface area contributed by atoms with Gasteiger partial charge in [-0.25, -0.2) is 4.98 Å². The van der Waals surface area contributed by atoms with Gasteiger partial charge in [0.25, 0.3) is 0 Å². The van der Waals surface area contributed by atoms with Crippen LogP contribution in [0.2, 0.25) is 0 Å². The van der Waals surface area contributed by atoms with E-state index in [1.165, 1.54) is 54.0 Å². The highest BCUT2D eigenvalue weighted by Crippen LogP contribution is 2.46. The molecule has 3 aromatic carbocycles. The number of aromatic nitrogens is 2. The van der Waals surface area contributed by atoms with Crippen molar-refractivity contribution < 1.29 is 0 Å². The summed E-state index contributed by atoms with van der Waals surface area (Å²) in [6, 6.07) is 20.0. The molecule has 1 aliphatic heterocycles. The van der Waals surface area contributed by atoms with Gasteiger partial charge in [0.2, 0.25) is 0 Å². The third-order valence-electron chi connectivity index (χ3n) is 7.38. The van der Waals surface area contributed by atoms with Crippen LogP contribution in [0.25, 0.3) is 37.2 Å². The van der Waals surface area contributed by atoms with Crippen LogP contribution in [0, 0.1) is 13.8 Å². The van der Waals surface area contributed by atoms with E-state index in [1.807, 2.05) is 23.1 Å². The average molecular weight is 496 g/mol. The molecule has 0 N–H and O–H groups in total. The van der Waals surface area contributed by atoms with Gasteiger partial charge in [-0.2, -0.15) is 11.8 Å². The molecule has 3 heterocycles. The largest absolute Gasteiger partial charge is 0.297 e. The molecular weight excluding hydrogens is 466 g/mol. The lowest BCUT2D eigenvalue weighted by Gasteiger charge is -2.27. The van der Waals surface area contributed by atoms with Crippen LogP contribution >= 0.6 is 23.1 Å². The van der Waals surface area contributed by atoms with Crippen LogP contribution < -0.4 is 0 Å². The zero-order valence-corrected chi connectivity index (χ0v) is 22.7. The van der Waals surface area contributed by atoms with Gasteiger partial charge >= 0.3 is 0 Å². The number of aliphatic imine (C=N–C) groups is 1. The molecule has 0 saturated heterocycles. The summed E-state index contributed by atoms with van der Waals surface area (Å²) in [4.78, 5) is 10.1. The summed E-state index contributed by atoms with van der Waals surface area (Å²) in [6.45, 7) is 11.0. The first-order valence-electron chi connectivity index (χ1n) is 12.0. The second kappa shape index (κ2) is 8.07. The normalized spacial score (nSPS) is 13.6. The summed E-state index contributed by atoms with van der Waals surface area (Å²) >= 11 is 3.74. The molecule has 0 amide bonds. The van der Waals surface area contributed by atoms with E-state index in [-0.39, 0.29) is 4.75 Å². The highest BCUT2D eigenvalue weighted by atomic mass is 32.2. The lowest BCUT2D eigenvalue weighted by molar-refractivity contribution is 0.783. The first-order valence-corrected chi connectivity index (χ1v) is 14.1. The average Bonchev–Trinajstić information content (AvgIpc) is 3.50. The van der Waals surface area contributed by atoms with E-state index in [4.69, 9.17) is 9.98 Å². The number of nitrogens with zero attached hydrogens (tertiary/aromatic N) is 3. The Morgan fingerprint density at radius 3 is 2.51 bits per heavy atom. The van der Waals surface area contributed by atoms with E-state index in [1.54, 1.807) is 0 Å². The topological polar surface area (TPSA) is 30.2 Å². The Labute approximate surface area is 214 Å². The van der Waals surface area contributed by atoms with E-state index < -0.39 is 0 Å². The standard InChI is InChI=1S/C30H29N3S2/c1-17-15-23-25(31-17)14-13-24(30(4,5)34-6)28(23)29-32-18(2)19(3)33(29)20-11-12-22-21-9-7-8-10-26(21)35-27(22)16-20/h7-14,16H,15H2,1-6H3. The molecule has 2 aromatic heterocycles. The fraction of sp³-hybridized carbons (Fsp3) is 0.267. The summed E-state index contributed by atoms with van der Waals surface area (Å²) in [5.41, 5.74) is 9.54. The lowest BCUT2D eigenvalue weighted by Crippen LogP contribution is -2.15. The molecule has 5 aromatic rings. The summed E-state index contributed by atoms with van der Waals surface area (Å²) in [5, 5.41) is 2.65. The monoisotopic (exact) mass is 495 g/mol. The fourth-order valence-corrected chi connectivity index (χ4v) is 6.77. The SMILES string of the molecule is CSC(C)(C)c1ccc2c(c1-c1nc(C)c(C)n1-c1ccc3c(c1)sc1ccccc13)CC(C)=N2. The number of aryl methyl sites for hydroxylation is 1. The van der Waals surface area contributed by atoms with Crippen molar-refractivity contribution in [2.45, 2.75) is 45.8 Å². The quantitative estimate of drug-likeness (QED) is 0.249. The van der Waals surface area contributed by atoms with E-state index in [0.29, 0.717) is 0 Å². The number of rotatable bonds is 4. The Balaban J connectivity index is 1.64. The minimum atomic E-state index is -0.0467. The Hall–Kier alpha value is -2.89. The first kappa shape index (κ1) is 22.6. The van der Waals surface area contributed by atoms with Crippen molar-refractivity contribution in [2.24, 2.45) is 4.99 Å². The number of thioether (sulfide) groups is 1. The van der Waals surface area contributed by atoms with Crippen LogP contribution in [0.4, 0.5) is 5.69 Å². The molecule has 5 heteroatoms. The minimum Gasteiger partial charge on any atom is -0.297 e. The second-order valence-electron chi connectivity index (χ2n) is 9.94. The molecule has 0 radical (unpaired) electrons. The van der Waals surface area contributed by atoms with Crippen molar-refractivity contribution in [2.75, 3.05) is 6.26 Å². The molecule has 0 bridgehead atoms. The van der Waals surface area contributed by atoms with Crippen LogP contribution in [-0.2, 0) is 11.2 Å².